The molecule has 1 aromatic heterocycles. The molecule has 1 heterocycles. The van der Waals surface area contributed by atoms with Crippen LogP contribution in [0.1, 0.15) is 12.5 Å². The molecule has 0 aliphatic carbocycles. The maximum Gasteiger partial charge on any atom is 0.225 e. The zero-order chi connectivity index (χ0) is 10.8. The molecule has 0 unspecified atom stereocenters. The SMILES string of the molecule is CCc1c(-c2ccc(Cl)cc2)noc1N. The van der Waals surface area contributed by atoms with Crippen LogP contribution in [0.5, 0.6) is 0 Å². The molecule has 4 heteroatoms. The normalized spacial score (nSPS) is 10.5. The predicted molar refractivity (Wildman–Crippen MR) is 60.7 cm³/mol. The first-order valence-corrected chi connectivity index (χ1v) is 5.10. The van der Waals surface area contributed by atoms with Crippen LogP contribution in [0, 0.1) is 0 Å². The van der Waals surface area contributed by atoms with Crippen LogP contribution in [0.4, 0.5) is 5.88 Å². The molecule has 3 nitrogen and oxygen atoms in total. The fraction of sp³-hybridized carbons (Fsp3) is 0.182. The van der Waals surface area contributed by atoms with Crippen molar-refractivity contribution in [3.63, 3.8) is 0 Å². The van der Waals surface area contributed by atoms with Crippen molar-refractivity contribution in [1.29, 1.82) is 0 Å². The van der Waals surface area contributed by atoms with Crippen molar-refractivity contribution in [2.75, 3.05) is 5.73 Å². The van der Waals surface area contributed by atoms with E-state index in [0.717, 1.165) is 23.2 Å². The lowest BCUT2D eigenvalue weighted by Crippen LogP contribution is -1.89. The minimum atomic E-state index is 0.391. The van der Waals surface area contributed by atoms with Gasteiger partial charge < -0.3 is 10.3 Å². The van der Waals surface area contributed by atoms with Crippen LogP contribution in [-0.2, 0) is 6.42 Å². The van der Waals surface area contributed by atoms with E-state index in [4.69, 9.17) is 21.9 Å². The van der Waals surface area contributed by atoms with Gasteiger partial charge in [-0.3, -0.25) is 0 Å². The summed E-state index contributed by atoms with van der Waals surface area (Å²) >= 11 is 5.81. The van der Waals surface area contributed by atoms with Crippen LogP contribution in [0.2, 0.25) is 5.02 Å². The maximum absolute atomic E-state index is 5.81. The highest BCUT2D eigenvalue weighted by Gasteiger charge is 2.13. The Labute approximate surface area is 92.8 Å². The van der Waals surface area contributed by atoms with Gasteiger partial charge in [0.1, 0.15) is 5.69 Å². The molecule has 0 saturated carbocycles. The average Bonchev–Trinajstić information content (AvgIpc) is 2.61. The second-order valence-electron chi connectivity index (χ2n) is 3.23. The molecule has 0 spiro atoms. The molecule has 2 aromatic rings. The van der Waals surface area contributed by atoms with E-state index in [9.17, 15) is 0 Å². The number of anilines is 1. The predicted octanol–water partition coefficient (Wildman–Crippen LogP) is 3.14. The van der Waals surface area contributed by atoms with Crippen molar-refractivity contribution < 1.29 is 4.52 Å². The van der Waals surface area contributed by atoms with Crippen LogP contribution in [0.15, 0.2) is 28.8 Å². The first-order valence-electron chi connectivity index (χ1n) is 4.72. The molecule has 0 saturated heterocycles. The Morgan fingerprint density at radius 2 is 2.00 bits per heavy atom. The highest BCUT2D eigenvalue weighted by molar-refractivity contribution is 6.30. The van der Waals surface area contributed by atoms with Gasteiger partial charge in [-0.15, -0.1) is 0 Å². The zero-order valence-electron chi connectivity index (χ0n) is 8.33. The minimum absolute atomic E-state index is 0.391. The third-order valence-corrected chi connectivity index (χ3v) is 2.54. The average molecular weight is 223 g/mol. The first kappa shape index (κ1) is 10.1. The Bertz CT molecular complexity index is 462. The number of nitrogen functional groups attached to an aromatic ring is 1. The lowest BCUT2D eigenvalue weighted by atomic mass is 10.1. The number of hydrogen-bond donors (Lipinski definition) is 1. The van der Waals surface area contributed by atoms with Gasteiger partial charge in [0.2, 0.25) is 5.88 Å². The van der Waals surface area contributed by atoms with Gasteiger partial charge in [-0.25, -0.2) is 0 Å². The molecule has 0 radical (unpaired) electrons. The monoisotopic (exact) mass is 222 g/mol. The minimum Gasteiger partial charge on any atom is -0.367 e. The van der Waals surface area contributed by atoms with Crippen LogP contribution >= 0.6 is 11.6 Å². The van der Waals surface area contributed by atoms with E-state index >= 15 is 0 Å². The molecular formula is C11H11ClN2O. The Morgan fingerprint density at radius 3 is 2.60 bits per heavy atom. The third-order valence-electron chi connectivity index (χ3n) is 2.29. The van der Waals surface area contributed by atoms with E-state index in [1.54, 1.807) is 0 Å². The van der Waals surface area contributed by atoms with E-state index in [1.165, 1.54) is 0 Å². The van der Waals surface area contributed by atoms with Gasteiger partial charge in [0.05, 0.1) is 0 Å². The summed E-state index contributed by atoms with van der Waals surface area (Å²) in [4.78, 5) is 0. The highest BCUT2D eigenvalue weighted by atomic mass is 35.5. The van der Waals surface area contributed by atoms with Crippen molar-refractivity contribution in [2.45, 2.75) is 13.3 Å². The highest BCUT2D eigenvalue weighted by Crippen LogP contribution is 2.28. The van der Waals surface area contributed by atoms with Crippen LogP contribution in [-0.4, -0.2) is 5.16 Å². The molecule has 0 atom stereocenters. The summed E-state index contributed by atoms with van der Waals surface area (Å²) < 4.78 is 4.97. The van der Waals surface area contributed by atoms with E-state index < -0.39 is 0 Å². The van der Waals surface area contributed by atoms with Gasteiger partial charge in [-0.2, -0.15) is 0 Å². The fourth-order valence-electron chi connectivity index (χ4n) is 1.50. The van der Waals surface area contributed by atoms with Crippen molar-refractivity contribution in [2.24, 2.45) is 0 Å². The lowest BCUT2D eigenvalue weighted by molar-refractivity contribution is 0.438. The van der Waals surface area contributed by atoms with Crippen LogP contribution in [0.25, 0.3) is 11.3 Å². The van der Waals surface area contributed by atoms with Gasteiger partial charge in [0.15, 0.2) is 0 Å². The summed E-state index contributed by atoms with van der Waals surface area (Å²) in [5.74, 6) is 0.391. The summed E-state index contributed by atoms with van der Waals surface area (Å²) in [6.07, 6.45) is 0.799. The molecule has 0 fully saturated rings. The molecule has 0 bridgehead atoms. The second-order valence-corrected chi connectivity index (χ2v) is 3.67. The molecular weight excluding hydrogens is 212 g/mol. The number of benzene rings is 1. The van der Waals surface area contributed by atoms with Crippen molar-refractivity contribution in [3.8, 4) is 11.3 Å². The van der Waals surface area contributed by atoms with E-state index in [-0.39, 0.29) is 0 Å². The molecule has 78 valence electrons. The number of aromatic nitrogens is 1. The Hall–Kier alpha value is -1.48. The molecule has 15 heavy (non-hydrogen) atoms. The third kappa shape index (κ3) is 1.83. The number of hydrogen-bond acceptors (Lipinski definition) is 3. The number of halogens is 1. The fourth-order valence-corrected chi connectivity index (χ4v) is 1.62. The zero-order valence-corrected chi connectivity index (χ0v) is 9.08. The standard InChI is InChI=1S/C11H11ClN2O/c1-2-9-10(14-15-11(9)13)7-3-5-8(12)6-4-7/h3-6H,2,13H2,1H3. The van der Waals surface area contributed by atoms with Gasteiger partial charge >= 0.3 is 0 Å². The molecule has 2 rings (SSSR count). The van der Waals surface area contributed by atoms with Crippen molar-refractivity contribution in [3.05, 3.63) is 34.9 Å². The topological polar surface area (TPSA) is 52.0 Å². The molecule has 1 aromatic carbocycles. The van der Waals surface area contributed by atoms with E-state index in [0.29, 0.717) is 10.9 Å². The van der Waals surface area contributed by atoms with Gasteiger partial charge in [-0.1, -0.05) is 35.8 Å². The number of rotatable bonds is 2. The second kappa shape index (κ2) is 3.95. The summed E-state index contributed by atoms with van der Waals surface area (Å²) in [7, 11) is 0. The summed E-state index contributed by atoms with van der Waals surface area (Å²) in [6.45, 7) is 2.02. The largest absolute Gasteiger partial charge is 0.367 e. The van der Waals surface area contributed by atoms with Crippen LogP contribution < -0.4 is 5.73 Å². The molecule has 0 aliphatic rings. The maximum atomic E-state index is 5.81. The quantitative estimate of drug-likeness (QED) is 0.849. The Balaban J connectivity index is 2.49. The Morgan fingerprint density at radius 1 is 1.33 bits per heavy atom. The molecule has 0 amide bonds. The van der Waals surface area contributed by atoms with Crippen molar-refractivity contribution in [1.82, 2.24) is 5.16 Å². The summed E-state index contributed by atoms with van der Waals surface area (Å²) in [5, 5.41) is 4.65. The lowest BCUT2D eigenvalue weighted by Gasteiger charge is -1.99. The Kier molecular flexibility index (Phi) is 2.64. The van der Waals surface area contributed by atoms with Gasteiger partial charge in [-0.05, 0) is 18.6 Å². The molecule has 2 N–H and O–H groups in total. The van der Waals surface area contributed by atoms with E-state index in [2.05, 4.69) is 5.16 Å². The smallest absolute Gasteiger partial charge is 0.225 e. The molecule has 0 aliphatic heterocycles. The van der Waals surface area contributed by atoms with Crippen molar-refractivity contribution >= 4 is 17.5 Å². The van der Waals surface area contributed by atoms with Gasteiger partial charge in [0.25, 0.3) is 0 Å². The number of nitrogens with zero attached hydrogens (tertiary/aromatic N) is 1. The van der Waals surface area contributed by atoms with Gasteiger partial charge in [0, 0.05) is 16.1 Å². The summed E-state index contributed by atoms with van der Waals surface area (Å²) in [6, 6.07) is 7.44. The number of nitrogens with two attached hydrogens (primary N) is 1. The van der Waals surface area contributed by atoms with Crippen LogP contribution in [0.3, 0.4) is 0 Å². The van der Waals surface area contributed by atoms with E-state index in [1.807, 2.05) is 31.2 Å². The first-order chi connectivity index (χ1) is 7.22. The summed E-state index contributed by atoms with van der Waals surface area (Å²) in [5.41, 5.74) is 8.37.